The van der Waals surface area contributed by atoms with Crippen molar-refractivity contribution in [3.8, 4) is 0 Å². The Morgan fingerprint density at radius 3 is 1.79 bits per heavy atom. The molecule has 0 aliphatic heterocycles. The maximum absolute atomic E-state index is 10.3. The van der Waals surface area contributed by atoms with Crippen molar-refractivity contribution in [1.29, 1.82) is 0 Å². The van der Waals surface area contributed by atoms with Crippen LogP contribution in [0.1, 0.15) is 96.8 Å². The van der Waals surface area contributed by atoms with E-state index in [9.17, 15) is 4.79 Å². The summed E-state index contributed by atoms with van der Waals surface area (Å²) in [4.78, 5) is 10.3. The van der Waals surface area contributed by atoms with E-state index in [4.69, 9.17) is 15.3 Å². The van der Waals surface area contributed by atoms with Crippen molar-refractivity contribution in [3.05, 3.63) is 12.2 Å². The number of aliphatic hydroxyl groups is 2. The summed E-state index contributed by atoms with van der Waals surface area (Å²) in [6.45, 7) is 1.94. The molecule has 5 nitrogen and oxygen atoms in total. The normalized spacial score (nSPS) is 13.2. The van der Waals surface area contributed by atoms with Gasteiger partial charge >= 0.3 is 5.97 Å². The Balaban J connectivity index is 0. The van der Waals surface area contributed by atoms with Gasteiger partial charge < -0.3 is 15.3 Å². The minimum Gasteiger partial charge on any atom is -0.481 e. The molecular weight excluding hydrogens is 492 g/mol. The number of carboxylic acid groups (broad SMARTS) is 1. The number of rotatable bonds is 18. The van der Waals surface area contributed by atoms with E-state index in [2.05, 4.69) is 55.1 Å². The van der Waals surface area contributed by atoms with Crippen LogP contribution in [0.25, 0.3) is 0 Å². The SMILES string of the molecule is CCCCCCCCC=CCCCCCCCC(=O)O.OCC(O)C(Br)OBr. The van der Waals surface area contributed by atoms with Crippen LogP contribution in [0.3, 0.4) is 0 Å². The van der Waals surface area contributed by atoms with Crippen LogP contribution in [-0.4, -0.2) is 39.0 Å². The van der Waals surface area contributed by atoms with Gasteiger partial charge in [0, 0.05) is 6.42 Å². The molecule has 2 atom stereocenters. The first-order chi connectivity index (χ1) is 13.5. The van der Waals surface area contributed by atoms with E-state index >= 15 is 0 Å². The highest BCUT2D eigenvalue weighted by atomic mass is 79.9. The lowest BCUT2D eigenvalue weighted by Gasteiger charge is -2.09. The molecule has 0 radical (unpaired) electrons. The Kier molecular flexibility index (Phi) is 27.1. The van der Waals surface area contributed by atoms with Crippen LogP contribution in [-0.2, 0) is 8.62 Å². The summed E-state index contributed by atoms with van der Waals surface area (Å²) in [5, 5.41) is 24.9. The number of hydrogen-bond donors (Lipinski definition) is 3. The minimum atomic E-state index is -0.880. The summed E-state index contributed by atoms with van der Waals surface area (Å²) in [5.74, 6) is -0.664. The van der Waals surface area contributed by atoms with Gasteiger partial charge in [-0.15, -0.1) is 0 Å². The van der Waals surface area contributed by atoms with Crippen molar-refractivity contribution in [2.75, 3.05) is 6.61 Å². The molecule has 28 heavy (non-hydrogen) atoms. The number of alkyl halides is 1. The van der Waals surface area contributed by atoms with Gasteiger partial charge in [0.05, 0.1) is 6.61 Å². The highest BCUT2D eigenvalue weighted by Gasteiger charge is 2.13. The Hall–Kier alpha value is 0.0500. The number of carbonyl (C=O) groups is 1. The molecule has 0 aromatic carbocycles. The molecule has 0 heterocycles. The number of unbranched alkanes of at least 4 members (excludes halogenated alkanes) is 11. The lowest BCUT2D eigenvalue weighted by molar-refractivity contribution is -0.137. The monoisotopic (exact) mass is 530 g/mol. The van der Waals surface area contributed by atoms with Gasteiger partial charge in [-0.3, -0.25) is 8.62 Å². The number of carboxylic acids is 1. The average molecular weight is 532 g/mol. The zero-order valence-corrected chi connectivity index (χ0v) is 20.5. The first-order valence-corrected chi connectivity index (χ1v) is 12.1. The van der Waals surface area contributed by atoms with Gasteiger partial charge in [0.15, 0.2) is 5.01 Å². The van der Waals surface area contributed by atoms with Crippen LogP contribution in [0, 0.1) is 0 Å². The predicted molar refractivity (Wildman–Crippen MR) is 123 cm³/mol. The second-order valence-electron chi connectivity index (χ2n) is 6.92. The number of halogens is 2. The third-order valence-electron chi connectivity index (χ3n) is 4.23. The van der Waals surface area contributed by atoms with Crippen molar-refractivity contribution in [1.82, 2.24) is 0 Å². The van der Waals surface area contributed by atoms with Crippen LogP contribution >= 0.6 is 32.2 Å². The van der Waals surface area contributed by atoms with Gasteiger partial charge in [-0.1, -0.05) is 86.4 Å². The molecule has 3 N–H and O–H groups in total. The van der Waals surface area contributed by atoms with Gasteiger partial charge in [-0.05, 0) is 32.1 Å². The van der Waals surface area contributed by atoms with Crippen molar-refractivity contribution in [2.45, 2.75) is 108 Å². The van der Waals surface area contributed by atoms with Crippen molar-refractivity contribution >= 4 is 38.2 Å². The quantitative estimate of drug-likeness (QED) is 0.107. The molecule has 0 fully saturated rings. The minimum absolute atomic E-state index is 0.318. The predicted octanol–water partition coefficient (Wildman–Crippen LogP) is 6.50. The molecule has 2 unspecified atom stereocenters. The molecule has 0 aliphatic carbocycles. The smallest absolute Gasteiger partial charge is 0.303 e. The molecule has 0 amide bonds. The standard InChI is InChI=1S/C18H34O2.C3H6Br2O3/c1-2-3-4-5-6-7-8-9-10-11-12-13-14-15-16-17-18(19)20;4-3(8-5)2(7)1-6/h9-10H,2-8,11-17H2,1H3,(H,19,20);2-3,6-7H,1H2. The van der Waals surface area contributed by atoms with Gasteiger partial charge in [0.2, 0.25) is 0 Å². The molecule has 0 aromatic heterocycles. The molecule has 0 aliphatic rings. The van der Waals surface area contributed by atoms with Crippen LogP contribution in [0.2, 0.25) is 0 Å². The lowest BCUT2D eigenvalue weighted by atomic mass is 10.1. The van der Waals surface area contributed by atoms with Crippen LogP contribution in [0.4, 0.5) is 0 Å². The summed E-state index contributed by atoms with van der Waals surface area (Å²) >= 11 is 5.56. The van der Waals surface area contributed by atoms with Crippen molar-refractivity contribution in [3.63, 3.8) is 0 Å². The summed E-state index contributed by atoms with van der Waals surface area (Å²) in [6.07, 6.45) is 20.4. The average Bonchev–Trinajstić information content (AvgIpc) is 2.69. The van der Waals surface area contributed by atoms with Crippen LogP contribution < -0.4 is 0 Å². The third kappa shape index (κ3) is 26.1. The molecule has 0 spiro atoms. The maximum atomic E-state index is 10.3. The zero-order chi connectivity index (χ0) is 21.5. The molecule has 0 bridgehead atoms. The Bertz CT molecular complexity index is 346. The van der Waals surface area contributed by atoms with Gasteiger partial charge in [-0.25, -0.2) is 0 Å². The van der Waals surface area contributed by atoms with E-state index in [1.54, 1.807) is 0 Å². The van der Waals surface area contributed by atoms with Crippen LogP contribution in [0.15, 0.2) is 12.2 Å². The van der Waals surface area contributed by atoms with Gasteiger partial charge in [0.25, 0.3) is 0 Å². The topological polar surface area (TPSA) is 87.0 Å². The molecular formula is C21H40Br2O5. The van der Waals surface area contributed by atoms with E-state index in [0.717, 1.165) is 12.8 Å². The van der Waals surface area contributed by atoms with E-state index < -0.39 is 17.1 Å². The third-order valence-corrected chi connectivity index (χ3v) is 5.93. The maximum Gasteiger partial charge on any atom is 0.303 e. The molecule has 168 valence electrons. The second-order valence-corrected chi connectivity index (χ2v) is 8.19. The lowest BCUT2D eigenvalue weighted by Crippen LogP contribution is -2.24. The number of hydrogen-bond acceptors (Lipinski definition) is 4. The Labute approximate surface area is 188 Å². The molecule has 0 saturated carbocycles. The van der Waals surface area contributed by atoms with Gasteiger partial charge in [-0.2, -0.15) is 0 Å². The fourth-order valence-electron chi connectivity index (χ4n) is 2.49. The first kappa shape index (κ1) is 30.2. The number of aliphatic hydroxyl groups excluding tert-OH is 2. The fraction of sp³-hybridized carbons (Fsp3) is 0.857. The highest BCUT2D eigenvalue weighted by molar-refractivity contribution is 9.10. The summed E-state index contributed by atoms with van der Waals surface area (Å²) < 4.78 is 4.42. The van der Waals surface area contributed by atoms with Crippen molar-refractivity contribution < 1.29 is 23.9 Å². The van der Waals surface area contributed by atoms with E-state index in [-0.39, 0.29) is 6.61 Å². The Morgan fingerprint density at radius 2 is 1.39 bits per heavy atom. The largest absolute Gasteiger partial charge is 0.481 e. The van der Waals surface area contributed by atoms with E-state index in [1.807, 2.05) is 0 Å². The van der Waals surface area contributed by atoms with E-state index in [1.165, 1.54) is 70.6 Å². The van der Waals surface area contributed by atoms with Crippen molar-refractivity contribution in [2.24, 2.45) is 0 Å². The summed E-state index contributed by atoms with van der Waals surface area (Å²) in [6, 6.07) is 0. The molecule has 0 rings (SSSR count). The van der Waals surface area contributed by atoms with Gasteiger partial charge in [0.1, 0.15) is 22.4 Å². The van der Waals surface area contributed by atoms with Crippen LogP contribution in [0.5, 0.6) is 0 Å². The molecule has 7 heteroatoms. The highest BCUT2D eigenvalue weighted by Crippen LogP contribution is 2.10. The number of allylic oxidation sites excluding steroid dienone is 2. The second kappa shape index (κ2) is 25.1. The molecule has 0 aromatic rings. The Morgan fingerprint density at radius 1 is 0.929 bits per heavy atom. The van der Waals surface area contributed by atoms with E-state index in [0.29, 0.717) is 6.42 Å². The summed E-state index contributed by atoms with van der Waals surface area (Å²) in [5.41, 5.74) is 0. The number of aliphatic carboxylic acids is 1. The zero-order valence-electron chi connectivity index (χ0n) is 17.3. The summed E-state index contributed by atoms with van der Waals surface area (Å²) in [7, 11) is 0. The fourth-order valence-corrected chi connectivity index (χ4v) is 2.91. The first-order valence-electron chi connectivity index (χ1n) is 10.6. The molecule has 0 saturated heterocycles.